The summed E-state index contributed by atoms with van der Waals surface area (Å²) in [7, 11) is 0. The number of rotatable bonds is 14. The van der Waals surface area contributed by atoms with E-state index in [1.807, 2.05) is 6.07 Å². The zero-order chi connectivity index (χ0) is 17.5. The molecule has 136 valence electrons. The lowest BCUT2D eigenvalue weighted by Crippen LogP contribution is -2.09. The maximum Gasteiger partial charge on any atom is 0.0848 e. The van der Waals surface area contributed by atoms with Crippen molar-refractivity contribution in [2.45, 2.75) is 83.7 Å². The second-order valence-corrected chi connectivity index (χ2v) is 7.49. The first-order valence-corrected chi connectivity index (χ1v) is 11.0. The summed E-state index contributed by atoms with van der Waals surface area (Å²) >= 11 is 1.70. The number of aliphatic hydroxyl groups excluding tert-OH is 1. The molecule has 0 aliphatic carbocycles. The van der Waals surface area contributed by atoms with Crippen LogP contribution in [-0.2, 0) is 6.42 Å². The van der Waals surface area contributed by atoms with Gasteiger partial charge in [-0.2, -0.15) is 0 Å². The van der Waals surface area contributed by atoms with Crippen LogP contribution in [0, 0.1) is 0 Å². The molecule has 1 atom stereocenters. The molecule has 24 heavy (non-hydrogen) atoms. The zero-order valence-electron chi connectivity index (χ0n) is 15.7. The third-order valence-corrected chi connectivity index (χ3v) is 5.43. The normalized spacial score (nSPS) is 13.2. The summed E-state index contributed by atoms with van der Waals surface area (Å²) in [5.74, 6) is 0. The molecule has 0 aliphatic rings. The summed E-state index contributed by atoms with van der Waals surface area (Å²) in [6.45, 7) is 2.27. The predicted molar refractivity (Wildman–Crippen MR) is 110 cm³/mol. The highest BCUT2D eigenvalue weighted by molar-refractivity contribution is 8.02. The van der Waals surface area contributed by atoms with Gasteiger partial charge in [-0.1, -0.05) is 88.3 Å². The van der Waals surface area contributed by atoms with Gasteiger partial charge in [-0.05, 0) is 37.5 Å². The Balaban J connectivity index is 2.16. The van der Waals surface area contributed by atoms with Gasteiger partial charge in [-0.15, -0.1) is 11.8 Å². The van der Waals surface area contributed by atoms with Crippen molar-refractivity contribution in [3.8, 4) is 0 Å². The molecule has 1 aromatic rings. The number of aliphatic hydroxyl groups is 1. The van der Waals surface area contributed by atoms with E-state index in [0.717, 1.165) is 24.2 Å². The molecular formula is C22H36OS. The van der Waals surface area contributed by atoms with Gasteiger partial charge in [0.15, 0.2) is 0 Å². The van der Waals surface area contributed by atoms with Crippen LogP contribution in [-0.4, -0.2) is 17.5 Å². The summed E-state index contributed by atoms with van der Waals surface area (Å²) in [6, 6.07) is 10.4. The molecule has 0 bridgehead atoms. The van der Waals surface area contributed by atoms with Crippen molar-refractivity contribution in [1.82, 2.24) is 0 Å². The Morgan fingerprint density at radius 2 is 1.62 bits per heavy atom. The molecule has 2 heteroatoms. The highest BCUT2D eigenvalue weighted by atomic mass is 32.2. The van der Waals surface area contributed by atoms with Crippen LogP contribution < -0.4 is 0 Å². The number of benzene rings is 1. The molecule has 1 unspecified atom stereocenters. The monoisotopic (exact) mass is 348 g/mol. The minimum Gasteiger partial charge on any atom is -0.388 e. The lowest BCUT2D eigenvalue weighted by Gasteiger charge is -2.13. The van der Waals surface area contributed by atoms with E-state index in [4.69, 9.17) is 0 Å². The predicted octanol–water partition coefficient (Wildman–Crippen LogP) is 6.76. The third-order valence-electron chi connectivity index (χ3n) is 4.52. The van der Waals surface area contributed by atoms with Crippen LogP contribution in [0.5, 0.6) is 0 Å². The van der Waals surface area contributed by atoms with Gasteiger partial charge >= 0.3 is 0 Å². The largest absolute Gasteiger partial charge is 0.388 e. The van der Waals surface area contributed by atoms with Crippen molar-refractivity contribution in [1.29, 1.82) is 0 Å². The van der Waals surface area contributed by atoms with Crippen LogP contribution in [0.25, 0.3) is 0 Å². The molecule has 1 N–H and O–H groups in total. The Hall–Kier alpha value is -0.730. The summed E-state index contributed by atoms with van der Waals surface area (Å²) in [6.07, 6.45) is 17.7. The fourth-order valence-electron chi connectivity index (χ4n) is 2.97. The summed E-state index contributed by atoms with van der Waals surface area (Å²) < 4.78 is 0. The molecule has 1 rings (SSSR count). The van der Waals surface area contributed by atoms with E-state index in [0.29, 0.717) is 0 Å². The highest BCUT2D eigenvalue weighted by Crippen LogP contribution is 2.22. The molecular weight excluding hydrogens is 312 g/mol. The van der Waals surface area contributed by atoms with Crippen molar-refractivity contribution >= 4 is 11.8 Å². The fourth-order valence-corrected chi connectivity index (χ4v) is 3.64. The van der Waals surface area contributed by atoms with Gasteiger partial charge in [0.2, 0.25) is 0 Å². The van der Waals surface area contributed by atoms with Gasteiger partial charge in [-0.25, -0.2) is 0 Å². The fraction of sp³-hybridized carbons (Fsp3) is 0.636. The van der Waals surface area contributed by atoms with Crippen LogP contribution in [0.4, 0.5) is 0 Å². The van der Waals surface area contributed by atoms with Gasteiger partial charge in [-0.3, -0.25) is 0 Å². The topological polar surface area (TPSA) is 20.2 Å². The number of unbranched alkanes of at least 4 members (excludes halogenated alkanes) is 8. The van der Waals surface area contributed by atoms with E-state index < -0.39 is 0 Å². The summed E-state index contributed by atoms with van der Waals surface area (Å²) in [5.41, 5.74) is 1.31. The molecule has 1 nitrogen and oxygen atoms in total. The molecule has 0 spiro atoms. The molecule has 0 fully saturated rings. The Bertz CT molecular complexity index is 427. The summed E-state index contributed by atoms with van der Waals surface area (Å²) in [4.78, 5) is 1.15. The average Bonchev–Trinajstić information content (AvgIpc) is 2.62. The van der Waals surface area contributed by atoms with Crippen LogP contribution >= 0.6 is 11.8 Å². The second-order valence-electron chi connectivity index (χ2n) is 6.61. The highest BCUT2D eigenvalue weighted by Gasteiger charge is 2.09. The van der Waals surface area contributed by atoms with Gasteiger partial charge in [0.05, 0.1) is 6.10 Å². The van der Waals surface area contributed by atoms with Crippen molar-refractivity contribution in [3.63, 3.8) is 0 Å². The molecule has 0 amide bonds. The average molecular weight is 349 g/mol. The summed E-state index contributed by atoms with van der Waals surface area (Å²) in [5, 5.41) is 10.4. The van der Waals surface area contributed by atoms with E-state index in [-0.39, 0.29) is 6.10 Å². The first kappa shape index (κ1) is 21.3. The molecule has 0 radical (unpaired) electrons. The van der Waals surface area contributed by atoms with E-state index in [1.54, 1.807) is 11.8 Å². The molecule has 0 aromatic heterocycles. The van der Waals surface area contributed by atoms with Crippen molar-refractivity contribution in [2.24, 2.45) is 0 Å². The molecule has 0 heterocycles. The quantitative estimate of drug-likeness (QED) is 0.375. The van der Waals surface area contributed by atoms with Crippen LogP contribution in [0.2, 0.25) is 0 Å². The van der Waals surface area contributed by atoms with Crippen molar-refractivity contribution in [2.75, 3.05) is 6.26 Å². The van der Waals surface area contributed by atoms with E-state index in [9.17, 15) is 5.11 Å². The lowest BCUT2D eigenvalue weighted by molar-refractivity contribution is 0.209. The number of aryl methyl sites for hydroxylation is 1. The third kappa shape index (κ3) is 10.2. The Labute approximate surface area is 153 Å². The molecule has 0 saturated heterocycles. The Morgan fingerprint density at radius 1 is 1.00 bits per heavy atom. The second kappa shape index (κ2) is 14.6. The maximum absolute atomic E-state index is 10.4. The first-order valence-electron chi connectivity index (χ1n) is 9.74. The molecule has 1 aromatic carbocycles. The van der Waals surface area contributed by atoms with E-state index in [2.05, 4.69) is 43.5 Å². The van der Waals surface area contributed by atoms with E-state index >= 15 is 0 Å². The SMILES string of the molecule is CCCCCCCCCC/C=C(\SC)C(O)CCc1ccccc1. The number of hydrogen-bond donors (Lipinski definition) is 1. The number of allylic oxidation sites excluding steroid dienone is 1. The molecule has 0 saturated carbocycles. The van der Waals surface area contributed by atoms with E-state index in [1.165, 1.54) is 56.9 Å². The minimum atomic E-state index is -0.311. The lowest BCUT2D eigenvalue weighted by atomic mass is 10.1. The van der Waals surface area contributed by atoms with Gasteiger partial charge in [0, 0.05) is 4.91 Å². The standard InChI is InChI=1S/C22H36OS/c1-3-4-5-6-7-8-9-10-14-17-22(24-2)21(23)19-18-20-15-12-11-13-16-20/h11-13,15-17,21,23H,3-10,14,18-19H2,1-2H3/b22-17-. The van der Waals surface area contributed by atoms with Crippen LogP contribution in [0.1, 0.15) is 76.7 Å². The zero-order valence-corrected chi connectivity index (χ0v) is 16.5. The van der Waals surface area contributed by atoms with Gasteiger partial charge < -0.3 is 5.11 Å². The van der Waals surface area contributed by atoms with Crippen molar-refractivity contribution < 1.29 is 5.11 Å². The van der Waals surface area contributed by atoms with Gasteiger partial charge in [0.1, 0.15) is 0 Å². The van der Waals surface area contributed by atoms with Crippen LogP contribution in [0.3, 0.4) is 0 Å². The molecule has 0 aliphatic heterocycles. The number of hydrogen-bond acceptors (Lipinski definition) is 2. The number of thioether (sulfide) groups is 1. The van der Waals surface area contributed by atoms with Crippen molar-refractivity contribution in [3.05, 3.63) is 46.9 Å². The Morgan fingerprint density at radius 3 is 2.25 bits per heavy atom. The van der Waals surface area contributed by atoms with Gasteiger partial charge in [0.25, 0.3) is 0 Å². The minimum absolute atomic E-state index is 0.311. The maximum atomic E-state index is 10.4. The van der Waals surface area contributed by atoms with Crippen LogP contribution in [0.15, 0.2) is 41.3 Å². The first-order chi connectivity index (χ1) is 11.8. The smallest absolute Gasteiger partial charge is 0.0848 e. The Kier molecular flexibility index (Phi) is 13.0.